The van der Waals surface area contributed by atoms with Crippen molar-refractivity contribution >= 4 is 33.3 Å². The summed E-state index contributed by atoms with van der Waals surface area (Å²) in [5.41, 5.74) is 6.74. The predicted octanol–water partition coefficient (Wildman–Crippen LogP) is 4.85. The maximum Gasteiger partial charge on any atom is 0.251 e. The molecular formula is C25H31N3O. The van der Waals surface area contributed by atoms with Crippen molar-refractivity contribution < 1.29 is 4.79 Å². The molecule has 0 fully saturated rings. The van der Waals surface area contributed by atoms with Crippen molar-refractivity contribution in [2.45, 2.75) is 40.2 Å². The summed E-state index contributed by atoms with van der Waals surface area (Å²) < 4.78 is 2.44. The lowest BCUT2D eigenvalue weighted by molar-refractivity contribution is 0.0956. The molecule has 0 unspecified atom stereocenters. The number of benzene rings is 2. The number of aryl methyl sites for hydroxylation is 1. The van der Waals surface area contributed by atoms with Crippen LogP contribution in [-0.4, -0.2) is 41.6 Å². The molecule has 1 aliphatic heterocycles. The van der Waals surface area contributed by atoms with E-state index in [4.69, 9.17) is 0 Å². The Bertz CT molecular complexity index is 1090. The van der Waals surface area contributed by atoms with Crippen LogP contribution in [0, 0.1) is 0 Å². The molecule has 2 heterocycles. The molecule has 2 aromatic carbocycles. The first-order chi connectivity index (χ1) is 14.0. The van der Waals surface area contributed by atoms with Gasteiger partial charge in [-0.25, -0.2) is 0 Å². The van der Waals surface area contributed by atoms with E-state index in [1.54, 1.807) is 0 Å². The van der Waals surface area contributed by atoms with Crippen LogP contribution in [-0.2, 0) is 13.0 Å². The van der Waals surface area contributed by atoms with Crippen LogP contribution >= 0.6 is 0 Å². The van der Waals surface area contributed by atoms with E-state index in [2.05, 4.69) is 66.4 Å². The van der Waals surface area contributed by atoms with Gasteiger partial charge in [0, 0.05) is 47.0 Å². The van der Waals surface area contributed by atoms with Gasteiger partial charge in [0.1, 0.15) is 0 Å². The molecule has 0 bridgehead atoms. The Morgan fingerprint density at radius 3 is 2.66 bits per heavy atom. The first kappa shape index (κ1) is 19.7. The predicted molar refractivity (Wildman–Crippen MR) is 123 cm³/mol. The SMILES string of the molecule is C=C(C)c1ccc2c(c1)c1c3c(ccc1n2CCN(CC)CC)C(=O)NCCC3. The molecule has 1 aromatic heterocycles. The van der Waals surface area contributed by atoms with Crippen molar-refractivity contribution in [2.24, 2.45) is 0 Å². The fourth-order valence-electron chi connectivity index (χ4n) is 4.58. The van der Waals surface area contributed by atoms with Gasteiger partial charge < -0.3 is 14.8 Å². The summed E-state index contributed by atoms with van der Waals surface area (Å²) in [7, 11) is 0. The molecular weight excluding hydrogens is 358 g/mol. The number of carbonyl (C=O) groups is 1. The quantitative estimate of drug-likeness (QED) is 0.655. The minimum Gasteiger partial charge on any atom is -0.352 e. The second kappa shape index (κ2) is 8.03. The van der Waals surface area contributed by atoms with Crippen molar-refractivity contribution in [3.8, 4) is 0 Å². The number of aromatic nitrogens is 1. The number of hydrogen-bond donors (Lipinski definition) is 1. The standard InChI is InChI=1S/C25H31N3O/c1-5-27(6-2)14-15-28-22-11-9-18(17(3)4)16-21(22)24-19-8-7-13-26-25(29)20(19)10-12-23(24)28/h9-12,16H,3,5-8,13-15H2,1-2,4H3,(H,26,29). The summed E-state index contributed by atoms with van der Waals surface area (Å²) in [4.78, 5) is 15.1. The molecule has 4 heteroatoms. The lowest BCUT2D eigenvalue weighted by atomic mass is 9.96. The molecule has 152 valence electrons. The molecule has 0 spiro atoms. The van der Waals surface area contributed by atoms with Gasteiger partial charge in [-0.1, -0.05) is 32.1 Å². The van der Waals surface area contributed by atoms with Gasteiger partial charge in [-0.15, -0.1) is 0 Å². The van der Waals surface area contributed by atoms with E-state index in [0.717, 1.165) is 62.3 Å². The first-order valence-corrected chi connectivity index (χ1v) is 10.8. The smallest absolute Gasteiger partial charge is 0.251 e. The minimum absolute atomic E-state index is 0.0551. The lowest BCUT2D eigenvalue weighted by Crippen LogP contribution is -2.27. The Kier molecular flexibility index (Phi) is 5.46. The van der Waals surface area contributed by atoms with Gasteiger partial charge in [0.05, 0.1) is 0 Å². The normalized spacial score (nSPS) is 14.3. The number of amides is 1. The summed E-state index contributed by atoms with van der Waals surface area (Å²) in [6.07, 6.45) is 1.90. The molecule has 4 rings (SSSR count). The molecule has 1 N–H and O–H groups in total. The molecule has 1 amide bonds. The molecule has 0 aliphatic carbocycles. The van der Waals surface area contributed by atoms with E-state index in [1.807, 2.05) is 6.07 Å². The first-order valence-electron chi connectivity index (χ1n) is 10.8. The Morgan fingerprint density at radius 2 is 1.93 bits per heavy atom. The van der Waals surface area contributed by atoms with E-state index in [9.17, 15) is 4.79 Å². The highest BCUT2D eigenvalue weighted by Gasteiger charge is 2.22. The average molecular weight is 390 g/mol. The largest absolute Gasteiger partial charge is 0.352 e. The van der Waals surface area contributed by atoms with E-state index in [0.29, 0.717) is 0 Å². The van der Waals surface area contributed by atoms with Crippen LogP contribution in [0.3, 0.4) is 0 Å². The Hall–Kier alpha value is -2.59. The zero-order valence-corrected chi connectivity index (χ0v) is 17.8. The van der Waals surface area contributed by atoms with Crippen molar-refractivity contribution in [1.82, 2.24) is 14.8 Å². The molecule has 3 aromatic rings. The average Bonchev–Trinajstić information content (AvgIpc) is 2.92. The zero-order valence-electron chi connectivity index (χ0n) is 17.8. The monoisotopic (exact) mass is 389 g/mol. The highest BCUT2D eigenvalue weighted by Crippen LogP contribution is 2.36. The lowest BCUT2D eigenvalue weighted by Gasteiger charge is -2.19. The van der Waals surface area contributed by atoms with Crippen LogP contribution in [0.2, 0.25) is 0 Å². The van der Waals surface area contributed by atoms with Crippen LogP contribution in [0.1, 0.15) is 48.7 Å². The van der Waals surface area contributed by atoms with Gasteiger partial charge in [-0.3, -0.25) is 4.79 Å². The van der Waals surface area contributed by atoms with Crippen molar-refractivity contribution in [2.75, 3.05) is 26.2 Å². The number of nitrogens with zero attached hydrogens (tertiary/aromatic N) is 2. The number of nitrogens with one attached hydrogen (secondary N) is 1. The summed E-state index contributed by atoms with van der Waals surface area (Å²) in [5, 5.41) is 5.53. The number of carbonyl (C=O) groups excluding carboxylic acids is 1. The zero-order chi connectivity index (χ0) is 20.5. The van der Waals surface area contributed by atoms with Crippen LogP contribution < -0.4 is 5.32 Å². The van der Waals surface area contributed by atoms with Crippen LogP contribution in [0.4, 0.5) is 0 Å². The third-order valence-electron chi connectivity index (χ3n) is 6.30. The molecule has 29 heavy (non-hydrogen) atoms. The Labute approximate surface area is 173 Å². The molecule has 4 nitrogen and oxygen atoms in total. The molecule has 1 aliphatic rings. The van der Waals surface area contributed by atoms with Crippen LogP contribution in [0.25, 0.3) is 27.4 Å². The summed E-state index contributed by atoms with van der Waals surface area (Å²) >= 11 is 0. The second-order valence-corrected chi connectivity index (χ2v) is 8.04. The fourth-order valence-corrected chi connectivity index (χ4v) is 4.58. The third kappa shape index (κ3) is 3.46. The molecule has 0 saturated carbocycles. The number of fused-ring (bicyclic) bond motifs is 5. The van der Waals surface area contributed by atoms with E-state index < -0.39 is 0 Å². The third-order valence-corrected chi connectivity index (χ3v) is 6.30. The number of likely N-dealkylation sites (N-methyl/N-ethyl adjacent to an activating group) is 1. The highest BCUT2D eigenvalue weighted by molar-refractivity contribution is 6.13. The second-order valence-electron chi connectivity index (χ2n) is 8.04. The fraction of sp³-hybridized carbons (Fsp3) is 0.400. The number of allylic oxidation sites excluding steroid dienone is 1. The van der Waals surface area contributed by atoms with Crippen molar-refractivity contribution in [1.29, 1.82) is 0 Å². The van der Waals surface area contributed by atoms with Crippen LogP contribution in [0.5, 0.6) is 0 Å². The maximum absolute atomic E-state index is 12.6. The molecule has 0 saturated heterocycles. The summed E-state index contributed by atoms with van der Waals surface area (Å²) in [6.45, 7) is 15.4. The number of rotatable bonds is 6. The van der Waals surface area contributed by atoms with Crippen molar-refractivity contribution in [3.05, 3.63) is 53.6 Å². The van der Waals surface area contributed by atoms with Gasteiger partial charge in [0.25, 0.3) is 5.91 Å². The summed E-state index contributed by atoms with van der Waals surface area (Å²) in [6, 6.07) is 10.8. The van der Waals surface area contributed by atoms with Gasteiger partial charge in [-0.05, 0) is 68.2 Å². The van der Waals surface area contributed by atoms with Gasteiger partial charge in [0.2, 0.25) is 0 Å². The van der Waals surface area contributed by atoms with Gasteiger partial charge in [-0.2, -0.15) is 0 Å². The van der Waals surface area contributed by atoms with Gasteiger partial charge >= 0.3 is 0 Å². The van der Waals surface area contributed by atoms with Gasteiger partial charge in [0.15, 0.2) is 0 Å². The Morgan fingerprint density at radius 1 is 1.17 bits per heavy atom. The highest BCUT2D eigenvalue weighted by atomic mass is 16.1. The molecule has 0 radical (unpaired) electrons. The molecule has 0 atom stereocenters. The number of hydrogen-bond acceptors (Lipinski definition) is 2. The maximum atomic E-state index is 12.6. The Balaban J connectivity index is 1.98. The minimum atomic E-state index is 0.0551. The van der Waals surface area contributed by atoms with E-state index in [1.165, 1.54) is 27.4 Å². The van der Waals surface area contributed by atoms with E-state index in [-0.39, 0.29) is 5.91 Å². The van der Waals surface area contributed by atoms with Crippen LogP contribution in [0.15, 0.2) is 36.9 Å². The summed E-state index contributed by atoms with van der Waals surface area (Å²) in [5.74, 6) is 0.0551. The van der Waals surface area contributed by atoms with Crippen molar-refractivity contribution in [3.63, 3.8) is 0 Å². The van der Waals surface area contributed by atoms with E-state index >= 15 is 0 Å². The topological polar surface area (TPSA) is 37.3 Å².